The van der Waals surface area contributed by atoms with E-state index in [1.165, 1.54) is 18.3 Å². The zero-order valence-corrected chi connectivity index (χ0v) is 8.72. The number of hydrogen-bond donors (Lipinski definition) is 0. The van der Waals surface area contributed by atoms with Crippen LogP contribution in [0.2, 0.25) is 4.34 Å². The van der Waals surface area contributed by atoms with E-state index in [2.05, 4.69) is 10.1 Å². The third kappa shape index (κ3) is 1.69. The van der Waals surface area contributed by atoms with Crippen molar-refractivity contribution < 1.29 is 9.32 Å². The van der Waals surface area contributed by atoms with Crippen LogP contribution in [0.15, 0.2) is 16.7 Å². The van der Waals surface area contributed by atoms with Crippen LogP contribution in [0.4, 0.5) is 0 Å². The predicted octanol–water partition coefficient (Wildman–Crippen LogP) is 2.65. The summed E-state index contributed by atoms with van der Waals surface area (Å²) in [7, 11) is 0. The van der Waals surface area contributed by atoms with E-state index in [9.17, 15) is 4.79 Å². The highest BCUT2D eigenvalue weighted by Gasteiger charge is 2.13. The molecule has 0 bridgehead atoms. The number of rotatable bonds is 2. The minimum absolute atomic E-state index is 0.0875. The molecule has 0 aliphatic carbocycles. The van der Waals surface area contributed by atoms with Crippen LogP contribution < -0.4 is 0 Å². The fraction of sp³-hybridized carbons (Fsp3) is 0.125. The molecule has 0 spiro atoms. The van der Waals surface area contributed by atoms with Crippen LogP contribution in [0.3, 0.4) is 0 Å². The van der Waals surface area contributed by atoms with Crippen molar-refractivity contribution in [2.24, 2.45) is 0 Å². The van der Waals surface area contributed by atoms with Gasteiger partial charge >= 0.3 is 0 Å². The lowest BCUT2D eigenvalue weighted by Crippen LogP contribution is -1.93. The molecule has 0 saturated carbocycles. The molecule has 0 saturated heterocycles. The van der Waals surface area contributed by atoms with Gasteiger partial charge in [-0.15, -0.1) is 11.3 Å². The second-order valence-corrected chi connectivity index (χ2v) is 4.30. The summed E-state index contributed by atoms with van der Waals surface area (Å²) in [4.78, 5) is 15.6. The van der Waals surface area contributed by atoms with Crippen molar-refractivity contribution in [2.45, 2.75) is 6.92 Å². The van der Waals surface area contributed by atoms with Crippen molar-refractivity contribution in [3.8, 4) is 10.8 Å². The molecule has 0 aliphatic rings. The predicted molar refractivity (Wildman–Crippen MR) is 52.6 cm³/mol. The fourth-order valence-electron chi connectivity index (χ4n) is 0.896. The minimum Gasteiger partial charge on any atom is -0.333 e. The molecule has 2 aromatic heterocycles. The summed E-state index contributed by atoms with van der Waals surface area (Å²) < 4.78 is 5.54. The van der Waals surface area contributed by atoms with E-state index < -0.39 is 0 Å². The number of thiophene rings is 1. The maximum absolute atomic E-state index is 10.9. The first kappa shape index (κ1) is 9.36. The number of ketones is 1. The van der Waals surface area contributed by atoms with E-state index in [-0.39, 0.29) is 11.6 Å². The van der Waals surface area contributed by atoms with Gasteiger partial charge in [0.25, 0.3) is 5.89 Å². The molecule has 14 heavy (non-hydrogen) atoms. The standard InChI is InChI=1S/C8H5ClN2O2S/c1-4(12)7-10-8(13-11-7)5-2-3-6(9)14-5/h2-3H,1H3. The van der Waals surface area contributed by atoms with Crippen molar-refractivity contribution >= 4 is 28.7 Å². The Kier molecular flexibility index (Phi) is 2.35. The van der Waals surface area contributed by atoms with E-state index in [4.69, 9.17) is 16.1 Å². The van der Waals surface area contributed by atoms with Gasteiger partial charge in [-0.05, 0) is 12.1 Å². The quantitative estimate of drug-likeness (QED) is 0.742. The molecule has 4 nitrogen and oxygen atoms in total. The molecular formula is C8H5ClN2O2S. The molecule has 0 aromatic carbocycles. The lowest BCUT2D eigenvalue weighted by molar-refractivity contribution is 0.100. The maximum Gasteiger partial charge on any atom is 0.268 e. The molecule has 2 heterocycles. The van der Waals surface area contributed by atoms with Crippen LogP contribution in [-0.4, -0.2) is 15.9 Å². The molecule has 0 fully saturated rings. The van der Waals surface area contributed by atoms with Crippen molar-refractivity contribution in [2.75, 3.05) is 0 Å². The first-order valence-corrected chi connectivity index (χ1v) is 4.96. The highest BCUT2D eigenvalue weighted by molar-refractivity contribution is 7.19. The van der Waals surface area contributed by atoms with Gasteiger partial charge in [-0.2, -0.15) is 4.98 Å². The Morgan fingerprint density at radius 3 is 2.86 bits per heavy atom. The van der Waals surface area contributed by atoms with Gasteiger partial charge in [0, 0.05) is 6.92 Å². The maximum atomic E-state index is 10.9. The van der Waals surface area contributed by atoms with E-state index in [0.717, 1.165) is 4.88 Å². The Labute approximate surface area is 88.5 Å². The van der Waals surface area contributed by atoms with E-state index in [0.29, 0.717) is 10.2 Å². The zero-order valence-electron chi connectivity index (χ0n) is 7.15. The van der Waals surface area contributed by atoms with Crippen LogP contribution in [0.5, 0.6) is 0 Å². The summed E-state index contributed by atoms with van der Waals surface area (Å²) >= 11 is 7.07. The van der Waals surface area contributed by atoms with Crippen LogP contribution in [-0.2, 0) is 0 Å². The SMILES string of the molecule is CC(=O)c1noc(-c2ccc(Cl)s2)n1. The molecule has 2 aromatic rings. The minimum atomic E-state index is -0.220. The van der Waals surface area contributed by atoms with Gasteiger partial charge in [-0.3, -0.25) is 4.79 Å². The molecule has 2 rings (SSSR count). The number of halogens is 1. The van der Waals surface area contributed by atoms with Gasteiger partial charge in [0.15, 0.2) is 0 Å². The molecule has 0 unspecified atom stereocenters. The van der Waals surface area contributed by atoms with Gasteiger partial charge in [0.2, 0.25) is 11.6 Å². The molecule has 0 N–H and O–H groups in total. The average molecular weight is 229 g/mol. The Balaban J connectivity index is 2.38. The third-order valence-corrected chi connectivity index (χ3v) is 2.74. The fourth-order valence-corrected chi connectivity index (χ4v) is 1.86. The average Bonchev–Trinajstić information content (AvgIpc) is 2.70. The van der Waals surface area contributed by atoms with Crippen molar-refractivity contribution in [1.29, 1.82) is 0 Å². The largest absolute Gasteiger partial charge is 0.333 e. The highest BCUT2D eigenvalue weighted by Crippen LogP contribution is 2.29. The number of hydrogen-bond acceptors (Lipinski definition) is 5. The number of carbonyl (C=O) groups is 1. The topological polar surface area (TPSA) is 56.0 Å². The van der Waals surface area contributed by atoms with Crippen LogP contribution in [0.1, 0.15) is 17.5 Å². The number of aromatic nitrogens is 2. The van der Waals surface area contributed by atoms with Gasteiger partial charge in [0.05, 0.1) is 9.21 Å². The van der Waals surface area contributed by atoms with Crippen molar-refractivity contribution in [3.63, 3.8) is 0 Å². The van der Waals surface area contributed by atoms with Gasteiger partial charge in [-0.1, -0.05) is 16.8 Å². The van der Waals surface area contributed by atoms with Crippen molar-refractivity contribution in [1.82, 2.24) is 10.1 Å². The third-order valence-electron chi connectivity index (χ3n) is 1.52. The first-order chi connectivity index (χ1) is 6.66. The summed E-state index contributed by atoms with van der Waals surface area (Å²) in [6, 6.07) is 3.50. The molecule has 6 heteroatoms. The van der Waals surface area contributed by atoms with Crippen LogP contribution >= 0.6 is 22.9 Å². The summed E-state index contributed by atoms with van der Waals surface area (Å²) in [6.07, 6.45) is 0. The Hall–Kier alpha value is -1.20. The van der Waals surface area contributed by atoms with Crippen LogP contribution in [0, 0.1) is 0 Å². The summed E-state index contributed by atoms with van der Waals surface area (Å²) in [5.74, 6) is 0.194. The lowest BCUT2D eigenvalue weighted by Gasteiger charge is -1.82. The van der Waals surface area contributed by atoms with E-state index in [1.54, 1.807) is 12.1 Å². The van der Waals surface area contributed by atoms with Crippen molar-refractivity contribution in [3.05, 3.63) is 22.3 Å². The number of nitrogens with zero attached hydrogens (tertiary/aromatic N) is 2. The molecular weight excluding hydrogens is 224 g/mol. The molecule has 0 atom stereocenters. The molecule has 0 amide bonds. The summed E-state index contributed by atoms with van der Waals surface area (Å²) in [5, 5.41) is 3.53. The highest BCUT2D eigenvalue weighted by atomic mass is 35.5. The van der Waals surface area contributed by atoms with Gasteiger partial charge in [-0.25, -0.2) is 0 Å². The van der Waals surface area contributed by atoms with Crippen LogP contribution in [0.25, 0.3) is 10.8 Å². The Morgan fingerprint density at radius 1 is 1.57 bits per heavy atom. The second-order valence-electron chi connectivity index (χ2n) is 2.58. The lowest BCUT2D eigenvalue weighted by atomic mass is 10.4. The molecule has 0 radical (unpaired) electrons. The van der Waals surface area contributed by atoms with E-state index in [1.807, 2.05) is 0 Å². The normalized spacial score (nSPS) is 10.4. The Morgan fingerprint density at radius 2 is 2.36 bits per heavy atom. The molecule has 72 valence electrons. The van der Waals surface area contributed by atoms with Gasteiger partial charge in [0.1, 0.15) is 0 Å². The van der Waals surface area contributed by atoms with E-state index >= 15 is 0 Å². The Bertz CT molecular complexity index is 477. The molecule has 0 aliphatic heterocycles. The van der Waals surface area contributed by atoms with Gasteiger partial charge < -0.3 is 4.52 Å². The number of Topliss-reactive ketones (excluding diaryl/α,β-unsaturated/α-hetero) is 1. The summed E-state index contributed by atoms with van der Waals surface area (Å²) in [6.45, 7) is 1.38. The first-order valence-electron chi connectivity index (χ1n) is 3.77. The summed E-state index contributed by atoms with van der Waals surface area (Å²) in [5.41, 5.74) is 0. The number of carbonyl (C=O) groups excluding carboxylic acids is 1. The monoisotopic (exact) mass is 228 g/mol. The second kappa shape index (κ2) is 3.51. The zero-order chi connectivity index (χ0) is 10.1. The smallest absolute Gasteiger partial charge is 0.268 e.